The van der Waals surface area contributed by atoms with Crippen molar-refractivity contribution in [3.8, 4) is 18.2 Å². The van der Waals surface area contributed by atoms with Crippen molar-refractivity contribution in [1.29, 1.82) is 15.8 Å². The molecule has 0 fully saturated rings. The fraction of sp³-hybridized carbons (Fsp3) is 0.769. The highest BCUT2D eigenvalue weighted by atomic mass is 14.4. The summed E-state index contributed by atoms with van der Waals surface area (Å²) < 4.78 is 0. The van der Waals surface area contributed by atoms with E-state index in [1.54, 1.807) is 0 Å². The van der Waals surface area contributed by atoms with Crippen molar-refractivity contribution in [3.63, 3.8) is 0 Å². The van der Waals surface area contributed by atoms with Crippen LogP contribution in [0.1, 0.15) is 46.5 Å². The average Bonchev–Trinajstić information content (AvgIpc) is 2.32. The van der Waals surface area contributed by atoms with Crippen molar-refractivity contribution >= 4 is 0 Å². The lowest BCUT2D eigenvalue weighted by atomic mass is 9.79. The molecule has 0 aliphatic rings. The summed E-state index contributed by atoms with van der Waals surface area (Å²) in [6.45, 7) is 5.66. The Morgan fingerprint density at radius 1 is 0.938 bits per heavy atom. The second-order valence-corrected chi connectivity index (χ2v) is 4.81. The molecule has 86 valence electrons. The lowest BCUT2D eigenvalue weighted by Gasteiger charge is -2.22. The van der Waals surface area contributed by atoms with E-state index in [4.69, 9.17) is 15.8 Å². The standard InChI is InChI=1S/C13H19N3/c1-11(8-14)4-6-13(3,10-16)7-5-12(2)9-15/h11-12H,4-7H2,1-3H3. The van der Waals surface area contributed by atoms with Gasteiger partial charge in [0.15, 0.2) is 0 Å². The Kier molecular flexibility index (Phi) is 6.21. The summed E-state index contributed by atoms with van der Waals surface area (Å²) in [5, 5.41) is 26.5. The van der Waals surface area contributed by atoms with Crippen LogP contribution in [0, 0.1) is 51.2 Å². The highest BCUT2D eigenvalue weighted by Crippen LogP contribution is 2.31. The van der Waals surface area contributed by atoms with E-state index >= 15 is 0 Å². The van der Waals surface area contributed by atoms with E-state index in [1.165, 1.54) is 0 Å². The first kappa shape index (κ1) is 14.5. The summed E-state index contributed by atoms with van der Waals surface area (Å²) in [5.74, 6) is 0.00197. The van der Waals surface area contributed by atoms with Crippen molar-refractivity contribution < 1.29 is 0 Å². The average molecular weight is 217 g/mol. The molecule has 2 atom stereocenters. The molecule has 16 heavy (non-hydrogen) atoms. The van der Waals surface area contributed by atoms with Gasteiger partial charge in [-0.1, -0.05) is 0 Å². The van der Waals surface area contributed by atoms with E-state index < -0.39 is 5.41 Å². The minimum atomic E-state index is -0.393. The maximum atomic E-state index is 9.14. The van der Waals surface area contributed by atoms with Gasteiger partial charge >= 0.3 is 0 Å². The third-order valence-electron chi connectivity index (χ3n) is 2.97. The second kappa shape index (κ2) is 6.86. The van der Waals surface area contributed by atoms with Crippen LogP contribution in [0.4, 0.5) is 0 Å². The van der Waals surface area contributed by atoms with E-state index in [0.717, 1.165) is 25.7 Å². The highest BCUT2D eigenvalue weighted by molar-refractivity contribution is 4.97. The van der Waals surface area contributed by atoms with E-state index in [0.29, 0.717) is 0 Å². The summed E-state index contributed by atoms with van der Waals surface area (Å²) in [4.78, 5) is 0. The molecule has 0 aliphatic heterocycles. The van der Waals surface area contributed by atoms with Crippen molar-refractivity contribution in [2.75, 3.05) is 0 Å². The van der Waals surface area contributed by atoms with Gasteiger partial charge in [-0.25, -0.2) is 0 Å². The summed E-state index contributed by atoms with van der Waals surface area (Å²) in [6, 6.07) is 6.67. The summed E-state index contributed by atoms with van der Waals surface area (Å²) in [7, 11) is 0. The molecule has 2 unspecified atom stereocenters. The van der Waals surface area contributed by atoms with Crippen LogP contribution < -0.4 is 0 Å². The molecule has 0 aromatic carbocycles. The largest absolute Gasteiger partial charge is 0.198 e. The molecule has 0 N–H and O–H groups in total. The van der Waals surface area contributed by atoms with Crippen molar-refractivity contribution in [3.05, 3.63) is 0 Å². The Balaban J connectivity index is 4.19. The van der Waals surface area contributed by atoms with E-state index in [9.17, 15) is 0 Å². The van der Waals surface area contributed by atoms with Gasteiger partial charge in [0.2, 0.25) is 0 Å². The monoisotopic (exact) mass is 217 g/mol. The van der Waals surface area contributed by atoms with Crippen molar-refractivity contribution in [2.24, 2.45) is 17.3 Å². The molecule has 0 rings (SSSR count). The molecule has 0 radical (unpaired) electrons. The molecule has 0 bridgehead atoms. The maximum absolute atomic E-state index is 9.14. The molecule has 0 aromatic heterocycles. The Morgan fingerprint density at radius 3 is 1.56 bits per heavy atom. The minimum Gasteiger partial charge on any atom is -0.198 e. The first-order valence-electron chi connectivity index (χ1n) is 5.68. The lowest BCUT2D eigenvalue weighted by Crippen LogP contribution is -2.16. The predicted octanol–water partition coefficient (Wildman–Crippen LogP) is 3.40. The third kappa shape index (κ3) is 5.38. The van der Waals surface area contributed by atoms with E-state index in [2.05, 4.69) is 18.2 Å². The topological polar surface area (TPSA) is 71.4 Å². The van der Waals surface area contributed by atoms with Crippen LogP contribution in [0.5, 0.6) is 0 Å². The van der Waals surface area contributed by atoms with Gasteiger partial charge in [0.25, 0.3) is 0 Å². The third-order valence-corrected chi connectivity index (χ3v) is 2.97. The lowest BCUT2D eigenvalue weighted by molar-refractivity contribution is 0.326. The second-order valence-electron chi connectivity index (χ2n) is 4.81. The van der Waals surface area contributed by atoms with Crippen LogP contribution in [-0.4, -0.2) is 0 Å². The summed E-state index contributed by atoms with van der Waals surface area (Å²) >= 11 is 0. The first-order valence-corrected chi connectivity index (χ1v) is 5.68. The number of hydrogen-bond acceptors (Lipinski definition) is 3. The Bertz CT molecular complexity index is 303. The van der Waals surface area contributed by atoms with Crippen LogP contribution in [0.25, 0.3) is 0 Å². The van der Waals surface area contributed by atoms with Crippen molar-refractivity contribution in [1.82, 2.24) is 0 Å². The van der Waals surface area contributed by atoms with Gasteiger partial charge in [-0.3, -0.25) is 0 Å². The smallest absolute Gasteiger partial charge is 0.0686 e. The van der Waals surface area contributed by atoms with Gasteiger partial charge in [-0.05, 0) is 46.5 Å². The number of nitriles is 3. The fourth-order valence-corrected chi connectivity index (χ4v) is 1.44. The summed E-state index contributed by atoms with van der Waals surface area (Å²) in [5.41, 5.74) is -0.393. The van der Waals surface area contributed by atoms with Crippen LogP contribution in [0.2, 0.25) is 0 Å². The summed E-state index contributed by atoms with van der Waals surface area (Å²) in [6.07, 6.45) is 2.97. The van der Waals surface area contributed by atoms with Gasteiger partial charge in [0, 0.05) is 11.8 Å². The van der Waals surface area contributed by atoms with Gasteiger partial charge < -0.3 is 0 Å². The van der Waals surface area contributed by atoms with Crippen LogP contribution >= 0.6 is 0 Å². The molecule has 3 nitrogen and oxygen atoms in total. The molecule has 0 saturated carbocycles. The molecule has 3 heteroatoms. The molecule has 0 aromatic rings. The van der Waals surface area contributed by atoms with Crippen molar-refractivity contribution in [2.45, 2.75) is 46.5 Å². The minimum absolute atomic E-state index is 0.000986. The Morgan fingerprint density at radius 2 is 1.31 bits per heavy atom. The first-order chi connectivity index (χ1) is 7.47. The maximum Gasteiger partial charge on any atom is 0.0686 e. The number of hydrogen-bond donors (Lipinski definition) is 0. The molecule has 0 heterocycles. The molecular weight excluding hydrogens is 198 g/mol. The SMILES string of the molecule is CC(C#N)CCC(C)(C#N)CCC(C)C#N. The molecule has 0 spiro atoms. The molecule has 0 aliphatic carbocycles. The van der Waals surface area contributed by atoms with Gasteiger partial charge in [-0.15, -0.1) is 0 Å². The van der Waals surface area contributed by atoms with E-state index in [1.807, 2.05) is 20.8 Å². The zero-order valence-electron chi connectivity index (χ0n) is 10.3. The van der Waals surface area contributed by atoms with Crippen LogP contribution in [0.15, 0.2) is 0 Å². The predicted molar refractivity (Wildman–Crippen MR) is 61.7 cm³/mol. The van der Waals surface area contributed by atoms with E-state index in [-0.39, 0.29) is 11.8 Å². The zero-order chi connectivity index (χ0) is 12.6. The van der Waals surface area contributed by atoms with Gasteiger partial charge in [0.1, 0.15) is 0 Å². The molecule has 0 amide bonds. The van der Waals surface area contributed by atoms with Gasteiger partial charge in [0.05, 0.1) is 23.6 Å². The van der Waals surface area contributed by atoms with Crippen LogP contribution in [0.3, 0.4) is 0 Å². The van der Waals surface area contributed by atoms with Gasteiger partial charge in [-0.2, -0.15) is 15.8 Å². The highest BCUT2D eigenvalue weighted by Gasteiger charge is 2.24. The number of nitrogens with zero attached hydrogens (tertiary/aromatic N) is 3. The Hall–Kier alpha value is -1.53. The number of rotatable bonds is 6. The fourth-order valence-electron chi connectivity index (χ4n) is 1.44. The normalized spacial score (nSPS) is 17.2. The Labute approximate surface area is 98.3 Å². The molecule has 0 saturated heterocycles. The quantitative estimate of drug-likeness (QED) is 0.684. The zero-order valence-corrected chi connectivity index (χ0v) is 10.3. The molecular formula is C13H19N3. The van der Waals surface area contributed by atoms with Crippen LogP contribution in [-0.2, 0) is 0 Å².